The van der Waals surface area contributed by atoms with Gasteiger partial charge in [-0.25, -0.2) is 9.48 Å². The largest absolute Gasteiger partial charge is 0.497 e. The first-order chi connectivity index (χ1) is 17.8. The lowest BCUT2D eigenvalue weighted by molar-refractivity contribution is -0.142. The van der Waals surface area contributed by atoms with Crippen molar-refractivity contribution in [1.82, 2.24) is 15.1 Å². The molecule has 196 valence electrons. The molecule has 37 heavy (non-hydrogen) atoms. The highest BCUT2D eigenvalue weighted by molar-refractivity contribution is 6.35. The monoisotopic (exact) mass is 545 g/mol. The first kappa shape index (κ1) is 27.0. The van der Waals surface area contributed by atoms with E-state index in [2.05, 4.69) is 5.32 Å². The zero-order valence-electron chi connectivity index (χ0n) is 20.7. The summed E-state index contributed by atoms with van der Waals surface area (Å²) in [5, 5.41) is 17.5. The molecule has 10 heteroatoms. The number of hydrogen-bond acceptors (Lipinski definition) is 5. The molecule has 8 nitrogen and oxygen atoms in total. The Hall–Kier alpha value is -3.07. The lowest BCUT2D eigenvalue weighted by Gasteiger charge is -2.29. The van der Waals surface area contributed by atoms with Crippen LogP contribution < -0.4 is 10.1 Å². The molecule has 1 saturated carbocycles. The highest BCUT2D eigenvalue weighted by atomic mass is 35.5. The molecule has 2 unspecified atom stereocenters. The second-order valence-corrected chi connectivity index (χ2v) is 10.0. The number of carbonyl (C=O) groups is 2. The van der Waals surface area contributed by atoms with Gasteiger partial charge in [0.25, 0.3) is 5.91 Å². The average Bonchev–Trinajstić information content (AvgIpc) is 3.21. The molecule has 0 spiro atoms. The summed E-state index contributed by atoms with van der Waals surface area (Å²) in [6, 6.07) is 12.6. The number of aromatic nitrogens is 2. The lowest BCUT2D eigenvalue weighted by atomic mass is 9.86. The van der Waals surface area contributed by atoms with Crippen LogP contribution in [0.1, 0.15) is 41.7 Å². The predicted molar refractivity (Wildman–Crippen MR) is 142 cm³/mol. The minimum Gasteiger partial charge on any atom is -0.497 e. The van der Waals surface area contributed by atoms with Crippen LogP contribution in [0.2, 0.25) is 10.0 Å². The summed E-state index contributed by atoms with van der Waals surface area (Å²) in [7, 11) is 1.61. The van der Waals surface area contributed by atoms with Crippen LogP contribution in [0.4, 0.5) is 0 Å². The third kappa shape index (κ3) is 6.44. The molecule has 4 rings (SSSR count). The van der Waals surface area contributed by atoms with Gasteiger partial charge in [0.2, 0.25) is 0 Å². The van der Waals surface area contributed by atoms with Crippen molar-refractivity contribution in [2.75, 3.05) is 20.3 Å². The number of methoxy groups -OCH3 is 1. The summed E-state index contributed by atoms with van der Waals surface area (Å²) in [6.07, 6.45) is 3.43. The summed E-state index contributed by atoms with van der Waals surface area (Å²) in [5.41, 5.74) is 3.21. The fraction of sp³-hybridized carbons (Fsp3) is 0.370. The SMILES string of the molecule is COc1ccc(-c2c(C)c(C(=O)NC3CCCC(COCC(=O)O)C3)nn2-c2ccc(Cl)cc2Cl)cc1. The van der Waals surface area contributed by atoms with Gasteiger partial charge in [0.1, 0.15) is 12.4 Å². The van der Waals surface area contributed by atoms with Crippen LogP contribution in [0.25, 0.3) is 16.9 Å². The first-order valence-electron chi connectivity index (χ1n) is 12.1. The average molecular weight is 546 g/mol. The molecule has 3 aromatic rings. The number of benzene rings is 2. The van der Waals surface area contributed by atoms with Crippen molar-refractivity contribution in [3.8, 4) is 22.7 Å². The van der Waals surface area contributed by atoms with E-state index in [1.165, 1.54) is 0 Å². The van der Waals surface area contributed by atoms with E-state index in [0.29, 0.717) is 39.3 Å². The molecule has 0 bridgehead atoms. The number of carboxylic acids is 1. The van der Waals surface area contributed by atoms with Gasteiger partial charge in [-0.2, -0.15) is 5.10 Å². The molecular weight excluding hydrogens is 517 g/mol. The highest BCUT2D eigenvalue weighted by Gasteiger charge is 2.28. The Morgan fingerprint density at radius 2 is 1.92 bits per heavy atom. The lowest BCUT2D eigenvalue weighted by Crippen LogP contribution is -2.39. The number of ether oxygens (including phenoxy) is 2. The van der Waals surface area contributed by atoms with Gasteiger partial charge in [-0.3, -0.25) is 4.79 Å². The zero-order chi connectivity index (χ0) is 26.5. The van der Waals surface area contributed by atoms with Gasteiger partial charge in [0.05, 0.1) is 30.1 Å². The molecule has 0 saturated heterocycles. The van der Waals surface area contributed by atoms with Crippen molar-refractivity contribution in [1.29, 1.82) is 0 Å². The maximum Gasteiger partial charge on any atom is 0.329 e. The van der Waals surface area contributed by atoms with Crippen LogP contribution in [0.5, 0.6) is 5.75 Å². The number of nitrogens with zero attached hydrogens (tertiary/aromatic N) is 2. The fourth-order valence-electron chi connectivity index (χ4n) is 4.77. The number of amides is 1. The standard InChI is InChI=1S/C27H29Cl2N3O5/c1-16-25(27(35)30-20-5-3-4-17(12-20)14-37-15-24(33)34)31-32(23-11-8-19(28)13-22(23)29)26(16)18-6-9-21(36-2)10-7-18/h6-11,13,17,20H,3-5,12,14-15H2,1-2H3,(H,30,35)(H,33,34). The van der Waals surface area contributed by atoms with Gasteiger partial charge in [-0.1, -0.05) is 29.6 Å². The Balaban J connectivity index is 1.62. The number of nitrogens with one attached hydrogen (secondary N) is 1. The van der Waals surface area contributed by atoms with Crippen LogP contribution in [-0.2, 0) is 9.53 Å². The van der Waals surface area contributed by atoms with Crippen LogP contribution in [0.3, 0.4) is 0 Å². The molecule has 2 atom stereocenters. The van der Waals surface area contributed by atoms with Crippen molar-refractivity contribution >= 4 is 35.1 Å². The Morgan fingerprint density at radius 3 is 2.59 bits per heavy atom. The molecule has 1 heterocycles. The number of halogens is 2. The smallest absolute Gasteiger partial charge is 0.329 e. The number of carboxylic acid groups (broad SMARTS) is 1. The van der Waals surface area contributed by atoms with E-state index in [4.69, 9.17) is 42.9 Å². The number of carbonyl (C=O) groups excluding carboxylic acids is 1. The molecule has 0 aliphatic heterocycles. The first-order valence-corrected chi connectivity index (χ1v) is 12.8. The van der Waals surface area contributed by atoms with E-state index in [1.807, 2.05) is 31.2 Å². The zero-order valence-corrected chi connectivity index (χ0v) is 22.2. The Morgan fingerprint density at radius 1 is 1.16 bits per heavy atom. The Labute approximate surface area is 225 Å². The second-order valence-electron chi connectivity index (χ2n) is 9.17. The number of hydrogen-bond donors (Lipinski definition) is 2. The summed E-state index contributed by atoms with van der Waals surface area (Å²) in [6.45, 7) is 1.92. The van der Waals surface area contributed by atoms with Gasteiger partial charge >= 0.3 is 5.97 Å². The topological polar surface area (TPSA) is 103 Å². The maximum absolute atomic E-state index is 13.4. The molecule has 2 aromatic carbocycles. The van der Waals surface area contributed by atoms with Gasteiger partial charge in [-0.05, 0) is 74.6 Å². The van der Waals surface area contributed by atoms with Gasteiger partial charge in [-0.15, -0.1) is 0 Å². The van der Waals surface area contributed by atoms with Gasteiger partial charge in [0.15, 0.2) is 5.69 Å². The molecule has 1 fully saturated rings. The minimum absolute atomic E-state index is 0.0483. The van der Waals surface area contributed by atoms with Gasteiger partial charge < -0.3 is 19.9 Å². The van der Waals surface area contributed by atoms with Crippen molar-refractivity contribution in [3.05, 3.63) is 63.8 Å². The Bertz CT molecular complexity index is 1280. The second kappa shape index (κ2) is 12.0. The van der Waals surface area contributed by atoms with Crippen LogP contribution in [0, 0.1) is 12.8 Å². The summed E-state index contributed by atoms with van der Waals surface area (Å²) < 4.78 is 12.3. The van der Waals surface area contributed by atoms with Gasteiger partial charge in [0, 0.05) is 22.2 Å². The van der Waals surface area contributed by atoms with Crippen molar-refractivity contribution in [2.24, 2.45) is 5.92 Å². The molecular formula is C27H29Cl2N3O5. The third-order valence-corrected chi connectivity index (χ3v) is 7.07. The maximum atomic E-state index is 13.4. The summed E-state index contributed by atoms with van der Waals surface area (Å²) in [4.78, 5) is 24.2. The highest BCUT2D eigenvalue weighted by Crippen LogP contribution is 2.34. The van der Waals surface area contributed by atoms with Crippen molar-refractivity contribution in [2.45, 2.75) is 38.6 Å². The van der Waals surface area contributed by atoms with Crippen LogP contribution in [0.15, 0.2) is 42.5 Å². The summed E-state index contributed by atoms with van der Waals surface area (Å²) >= 11 is 12.6. The molecule has 1 aromatic heterocycles. The molecule has 1 aliphatic carbocycles. The van der Waals surface area contributed by atoms with E-state index in [1.54, 1.807) is 30.0 Å². The molecule has 0 radical (unpaired) electrons. The Kier molecular flexibility index (Phi) is 8.74. The predicted octanol–water partition coefficient (Wildman–Crippen LogP) is 5.55. The number of aliphatic carboxylic acids is 1. The summed E-state index contributed by atoms with van der Waals surface area (Å²) in [5.74, 6) is -0.345. The molecule has 2 N–H and O–H groups in total. The van der Waals surface area contributed by atoms with E-state index >= 15 is 0 Å². The van der Waals surface area contributed by atoms with E-state index in [-0.39, 0.29) is 24.5 Å². The molecule has 1 amide bonds. The van der Waals surface area contributed by atoms with Crippen molar-refractivity contribution < 1.29 is 24.2 Å². The fourth-order valence-corrected chi connectivity index (χ4v) is 5.26. The van der Waals surface area contributed by atoms with E-state index < -0.39 is 5.97 Å². The minimum atomic E-state index is -0.986. The van der Waals surface area contributed by atoms with E-state index in [9.17, 15) is 9.59 Å². The normalized spacial score (nSPS) is 17.4. The quantitative estimate of drug-likeness (QED) is 0.365. The third-order valence-electron chi connectivity index (χ3n) is 6.54. The van der Waals surface area contributed by atoms with Crippen LogP contribution in [-0.4, -0.2) is 53.1 Å². The van der Waals surface area contributed by atoms with Crippen LogP contribution >= 0.6 is 23.2 Å². The van der Waals surface area contributed by atoms with Crippen molar-refractivity contribution in [3.63, 3.8) is 0 Å². The number of rotatable bonds is 9. The van der Waals surface area contributed by atoms with E-state index in [0.717, 1.165) is 36.9 Å². The molecule has 1 aliphatic rings.